The highest BCUT2D eigenvalue weighted by atomic mass is 16.5. The van der Waals surface area contributed by atoms with Crippen molar-refractivity contribution in [3.63, 3.8) is 0 Å². The molecule has 1 aliphatic rings. The Kier molecular flexibility index (Phi) is 4.25. The van der Waals surface area contributed by atoms with Gasteiger partial charge in [-0.3, -0.25) is 10.6 Å². The van der Waals surface area contributed by atoms with Crippen LogP contribution in [0.1, 0.15) is 37.7 Å². The van der Waals surface area contributed by atoms with Crippen molar-refractivity contribution in [3.05, 3.63) is 24.0 Å². The highest BCUT2D eigenvalue weighted by Gasteiger charge is 2.49. The standard InChI is InChI=1S/C14H22N4O2/c1-4-20-12-7-11(14(12,2)3)17-13(19)10-6-5-9(18-15)8-16-10/h5-6,8,11-12,18H,4,7,15H2,1-3H3,(H,17,19). The fourth-order valence-electron chi connectivity index (χ4n) is 2.46. The molecule has 1 aromatic heterocycles. The Bertz CT molecular complexity index is 473. The van der Waals surface area contributed by atoms with Crippen LogP contribution in [-0.2, 0) is 4.74 Å². The molecule has 2 atom stereocenters. The average Bonchev–Trinajstić information content (AvgIpc) is 2.46. The molecule has 2 unspecified atom stereocenters. The van der Waals surface area contributed by atoms with Crippen molar-refractivity contribution in [2.75, 3.05) is 12.0 Å². The second-order valence-electron chi connectivity index (χ2n) is 5.60. The van der Waals surface area contributed by atoms with Crippen molar-refractivity contribution < 1.29 is 9.53 Å². The lowest BCUT2D eigenvalue weighted by Gasteiger charge is -2.51. The first-order valence-electron chi connectivity index (χ1n) is 6.84. The summed E-state index contributed by atoms with van der Waals surface area (Å²) in [6.07, 6.45) is 2.58. The molecule has 0 bridgehead atoms. The zero-order chi connectivity index (χ0) is 14.8. The van der Waals surface area contributed by atoms with E-state index in [1.54, 1.807) is 12.1 Å². The smallest absolute Gasteiger partial charge is 0.270 e. The summed E-state index contributed by atoms with van der Waals surface area (Å²) in [7, 11) is 0. The van der Waals surface area contributed by atoms with Crippen LogP contribution in [0.4, 0.5) is 5.69 Å². The number of nitrogens with one attached hydrogen (secondary N) is 2. The molecule has 6 nitrogen and oxygen atoms in total. The molecule has 0 saturated heterocycles. The highest BCUT2D eigenvalue weighted by molar-refractivity contribution is 5.92. The first-order valence-corrected chi connectivity index (χ1v) is 6.84. The maximum Gasteiger partial charge on any atom is 0.270 e. The topological polar surface area (TPSA) is 89.3 Å². The number of ether oxygens (including phenoxy) is 1. The van der Waals surface area contributed by atoms with E-state index in [1.807, 2.05) is 6.92 Å². The minimum atomic E-state index is -0.165. The third-order valence-electron chi connectivity index (χ3n) is 4.01. The van der Waals surface area contributed by atoms with Crippen molar-refractivity contribution >= 4 is 11.6 Å². The number of amides is 1. The van der Waals surface area contributed by atoms with Crippen LogP contribution in [0.2, 0.25) is 0 Å². The summed E-state index contributed by atoms with van der Waals surface area (Å²) in [5.74, 6) is 5.10. The first kappa shape index (κ1) is 14.7. The van der Waals surface area contributed by atoms with Gasteiger partial charge in [0, 0.05) is 18.1 Å². The van der Waals surface area contributed by atoms with Crippen LogP contribution in [0.5, 0.6) is 0 Å². The van der Waals surface area contributed by atoms with Gasteiger partial charge in [-0.2, -0.15) is 0 Å². The van der Waals surface area contributed by atoms with E-state index in [-0.39, 0.29) is 23.5 Å². The molecule has 0 aromatic carbocycles. The predicted octanol–water partition coefficient (Wildman–Crippen LogP) is 1.30. The Morgan fingerprint density at radius 2 is 2.30 bits per heavy atom. The van der Waals surface area contributed by atoms with E-state index in [4.69, 9.17) is 10.6 Å². The molecule has 1 heterocycles. The molecule has 1 aliphatic carbocycles. The van der Waals surface area contributed by atoms with Crippen molar-refractivity contribution in [1.82, 2.24) is 10.3 Å². The van der Waals surface area contributed by atoms with Crippen LogP contribution >= 0.6 is 0 Å². The number of aromatic nitrogens is 1. The predicted molar refractivity (Wildman–Crippen MR) is 77.1 cm³/mol. The fraction of sp³-hybridized carbons (Fsp3) is 0.571. The summed E-state index contributed by atoms with van der Waals surface area (Å²) < 4.78 is 5.65. The van der Waals surface area contributed by atoms with Crippen molar-refractivity contribution in [2.24, 2.45) is 11.3 Å². The quantitative estimate of drug-likeness (QED) is 0.558. The maximum absolute atomic E-state index is 12.1. The summed E-state index contributed by atoms with van der Waals surface area (Å²) in [4.78, 5) is 16.2. The average molecular weight is 278 g/mol. The van der Waals surface area contributed by atoms with Gasteiger partial charge < -0.3 is 15.5 Å². The molecule has 2 rings (SSSR count). The Labute approximate surface area is 119 Å². The Hall–Kier alpha value is -1.66. The van der Waals surface area contributed by atoms with Gasteiger partial charge in [-0.1, -0.05) is 13.8 Å². The van der Waals surface area contributed by atoms with Crippen LogP contribution in [0.3, 0.4) is 0 Å². The molecule has 1 fully saturated rings. The number of nitrogens with two attached hydrogens (primary N) is 1. The van der Waals surface area contributed by atoms with E-state index in [0.29, 0.717) is 18.0 Å². The lowest BCUT2D eigenvalue weighted by Crippen LogP contribution is -2.62. The zero-order valence-electron chi connectivity index (χ0n) is 12.1. The van der Waals surface area contributed by atoms with E-state index in [1.165, 1.54) is 6.20 Å². The van der Waals surface area contributed by atoms with Crippen molar-refractivity contribution in [2.45, 2.75) is 39.3 Å². The molecule has 0 spiro atoms. The molecule has 6 heteroatoms. The number of nitrogen functional groups attached to an aromatic ring is 1. The number of hydrogen-bond acceptors (Lipinski definition) is 5. The van der Waals surface area contributed by atoms with E-state index >= 15 is 0 Å². The number of rotatable bonds is 5. The van der Waals surface area contributed by atoms with Crippen LogP contribution in [0.25, 0.3) is 0 Å². The molecular weight excluding hydrogens is 256 g/mol. The monoisotopic (exact) mass is 278 g/mol. The van der Waals surface area contributed by atoms with Gasteiger partial charge in [0.1, 0.15) is 5.69 Å². The van der Waals surface area contributed by atoms with Crippen molar-refractivity contribution in [3.8, 4) is 0 Å². The number of pyridine rings is 1. The van der Waals surface area contributed by atoms with Gasteiger partial charge in [0.25, 0.3) is 5.91 Å². The molecule has 0 aliphatic heterocycles. The molecule has 1 aromatic rings. The van der Waals surface area contributed by atoms with E-state index in [2.05, 4.69) is 29.6 Å². The molecule has 110 valence electrons. The van der Waals surface area contributed by atoms with Gasteiger partial charge in [-0.25, -0.2) is 4.98 Å². The second kappa shape index (κ2) is 5.76. The Morgan fingerprint density at radius 1 is 1.55 bits per heavy atom. The van der Waals surface area contributed by atoms with Crippen LogP contribution in [-0.4, -0.2) is 29.6 Å². The first-order chi connectivity index (χ1) is 9.48. The van der Waals surface area contributed by atoms with Crippen LogP contribution in [0.15, 0.2) is 18.3 Å². The summed E-state index contributed by atoms with van der Waals surface area (Å²) in [5, 5.41) is 3.02. The number of anilines is 1. The molecule has 20 heavy (non-hydrogen) atoms. The zero-order valence-corrected chi connectivity index (χ0v) is 12.1. The number of nitrogens with zero attached hydrogens (tertiary/aromatic N) is 1. The lowest BCUT2D eigenvalue weighted by molar-refractivity contribution is -0.111. The SMILES string of the molecule is CCOC1CC(NC(=O)c2ccc(NN)cn2)C1(C)C. The molecule has 1 amide bonds. The van der Waals surface area contributed by atoms with Crippen LogP contribution in [0, 0.1) is 5.41 Å². The Balaban J connectivity index is 1.95. The molecule has 4 N–H and O–H groups in total. The van der Waals surface area contributed by atoms with Gasteiger partial charge >= 0.3 is 0 Å². The minimum absolute atomic E-state index is 0.0512. The molecule has 1 saturated carbocycles. The number of carbonyl (C=O) groups is 1. The molecule has 0 radical (unpaired) electrons. The minimum Gasteiger partial charge on any atom is -0.378 e. The number of hydrazine groups is 1. The normalized spacial score (nSPS) is 23.8. The summed E-state index contributed by atoms with van der Waals surface area (Å²) in [6.45, 7) is 6.90. The third-order valence-corrected chi connectivity index (χ3v) is 4.01. The van der Waals surface area contributed by atoms with Gasteiger partial charge in [-0.15, -0.1) is 0 Å². The van der Waals surface area contributed by atoms with E-state index in [0.717, 1.165) is 6.42 Å². The number of hydrogen-bond donors (Lipinski definition) is 3. The summed E-state index contributed by atoms with van der Waals surface area (Å²) in [6, 6.07) is 3.48. The highest BCUT2D eigenvalue weighted by Crippen LogP contribution is 2.42. The summed E-state index contributed by atoms with van der Waals surface area (Å²) in [5.41, 5.74) is 3.48. The maximum atomic E-state index is 12.1. The van der Waals surface area contributed by atoms with Gasteiger partial charge in [0.15, 0.2) is 0 Å². The van der Waals surface area contributed by atoms with Crippen LogP contribution < -0.4 is 16.6 Å². The Morgan fingerprint density at radius 3 is 2.80 bits per heavy atom. The van der Waals surface area contributed by atoms with E-state index in [9.17, 15) is 4.79 Å². The lowest BCUT2D eigenvalue weighted by atomic mass is 9.64. The molecular formula is C14H22N4O2. The van der Waals surface area contributed by atoms with Crippen molar-refractivity contribution in [1.29, 1.82) is 0 Å². The van der Waals surface area contributed by atoms with E-state index < -0.39 is 0 Å². The second-order valence-corrected chi connectivity index (χ2v) is 5.60. The van der Waals surface area contributed by atoms with Gasteiger partial charge in [0.2, 0.25) is 0 Å². The third kappa shape index (κ3) is 2.76. The number of carbonyl (C=O) groups excluding carboxylic acids is 1. The largest absolute Gasteiger partial charge is 0.378 e. The van der Waals surface area contributed by atoms with Gasteiger partial charge in [0.05, 0.1) is 18.0 Å². The summed E-state index contributed by atoms with van der Waals surface area (Å²) >= 11 is 0. The fourth-order valence-corrected chi connectivity index (χ4v) is 2.46. The van der Waals surface area contributed by atoms with Gasteiger partial charge in [-0.05, 0) is 25.5 Å².